The molecule has 1 rings (SSSR count). The number of hydrogen-bond donors (Lipinski definition) is 1. The first-order valence-electron chi connectivity index (χ1n) is 7.07. The highest BCUT2D eigenvalue weighted by atomic mass is 32.2. The molecule has 1 aliphatic heterocycles. The standard InChI is InChI=1S/C13H28N2O2S/c1-12(2)13(5-6-14)4-3-7-15-8-10-18(16,17)11-9-15/h12-13H,3-11,14H2,1-2H3. The molecule has 1 heterocycles. The predicted octanol–water partition coefficient (Wildman–Crippen LogP) is 1.12. The summed E-state index contributed by atoms with van der Waals surface area (Å²) in [5.74, 6) is 2.08. The van der Waals surface area contributed by atoms with Gasteiger partial charge in [-0.3, -0.25) is 0 Å². The maximum absolute atomic E-state index is 11.3. The van der Waals surface area contributed by atoms with Crippen molar-refractivity contribution in [3.63, 3.8) is 0 Å². The fourth-order valence-electron chi connectivity index (χ4n) is 2.58. The second kappa shape index (κ2) is 7.46. The lowest BCUT2D eigenvalue weighted by Gasteiger charge is -2.27. The van der Waals surface area contributed by atoms with E-state index in [-0.39, 0.29) is 0 Å². The van der Waals surface area contributed by atoms with Crippen LogP contribution in [0.5, 0.6) is 0 Å². The first-order valence-corrected chi connectivity index (χ1v) is 8.89. The van der Waals surface area contributed by atoms with E-state index in [0.717, 1.165) is 25.9 Å². The molecule has 2 N–H and O–H groups in total. The Balaban J connectivity index is 2.21. The predicted molar refractivity (Wildman–Crippen MR) is 76.3 cm³/mol. The Morgan fingerprint density at radius 1 is 1.17 bits per heavy atom. The minimum absolute atomic E-state index is 0.337. The maximum Gasteiger partial charge on any atom is 0.152 e. The van der Waals surface area contributed by atoms with Crippen LogP contribution < -0.4 is 5.73 Å². The van der Waals surface area contributed by atoms with Crippen LogP contribution in [0.4, 0.5) is 0 Å². The summed E-state index contributed by atoms with van der Waals surface area (Å²) in [5, 5.41) is 0. The van der Waals surface area contributed by atoms with Crippen molar-refractivity contribution in [2.75, 3.05) is 37.7 Å². The van der Waals surface area contributed by atoms with Crippen molar-refractivity contribution in [1.29, 1.82) is 0 Å². The highest BCUT2D eigenvalue weighted by Gasteiger charge is 2.21. The zero-order valence-electron chi connectivity index (χ0n) is 11.8. The second-order valence-corrected chi connectivity index (χ2v) is 8.02. The molecule has 0 bridgehead atoms. The fraction of sp³-hybridized carbons (Fsp3) is 1.00. The normalized spacial score (nSPS) is 22.2. The quantitative estimate of drug-likeness (QED) is 0.757. The van der Waals surface area contributed by atoms with Gasteiger partial charge in [0.2, 0.25) is 0 Å². The third-order valence-corrected chi connectivity index (χ3v) is 5.58. The van der Waals surface area contributed by atoms with E-state index in [9.17, 15) is 8.42 Å². The van der Waals surface area contributed by atoms with Crippen molar-refractivity contribution < 1.29 is 8.42 Å². The van der Waals surface area contributed by atoms with Gasteiger partial charge in [0.1, 0.15) is 0 Å². The van der Waals surface area contributed by atoms with Crippen molar-refractivity contribution >= 4 is 9.84 Å². The Hall–Kier alpha value is -0.130. The van der Waals surface area contributed by atoms with E-state index in [0.29, 0.717) is 36.4 Å². The summed E-state index contributed by atoms with van der Waals surface area (Å²) < 4.78 is 22.6. The number of nitrogens with two attached hydrogens (primary N) is 1. The van der Waals surface area contributed by atoms with Crippen LogP contribution in [0.15, 0.2) is 0 Å². The van der Waals surface area contributed by atoms with E-state index >= 15 is 0 Å². The highest BCUT2D eigenvalue weighted by Crippen LogP contribution is 2.20. The molecule has 18 heavy (non-hydrogen) atoms. The fourth-order valence-corrected chi connectivity index (χ4v) is 3.85. The zero-order valence-corrected chi connectivity index (χ0v) is 12.6. The molecule has 108 valence electrons. The average molecular weight is 276 g/mol. The first kappa shape index (κ1) is 15.9. The third kappa shape index (κ3) is 5.67. The number of hydrogen-bond acceptors (Lipinski definition) is 4. The van der Waals surface area contributed by atoms with Gasteiger partial charge in [-0.05, 0) is 44.2 Å². The number of nitrogens with zero attached hydrogens (tertiary/aromatic N) is 1. The van der Waals surface area contributed by atoms with Crippen molar-refractivity contribution in [3.05, 3.63) is 0 Å². The zero-order chi connectivity index (χ0) is 13.6. The first-order chi connectivity index (χ1) is 8.44. The smallest absolute Gasteiger partial charge is 0.152 e. The summed E-state index contributed by atoms with van der Waals surface area (Å²) in [6.07, 6.45) is 3.47. The SMILES string of the molecule is CC(C)C(CCN)CCCN1CCS(=O)(=O)CC1. The number of rotatable bonds is 7. The van der Waals surface area contributed by atoms with Gasteiger partial charge < -0.3 is 10.6 Å². The lowest BCUT2D eigenvalue weighted by molar-refractivity contribution is 0.261. The maximum atomic E-state index is 11.3. The van der Waals surface area contributed by atoms with Gasteiger partial charge >= 0.3 is 0 Å². The van der Waals surface area contributed by atoms with Crippen molar-refractivity contribution in [1.82, 2.24) is 4.90 Å². The van der Waals surface area contributed by atoms with Crippen LogP contribution in [0.1, 0.15) is 33.1 Å². The Bertz CT molecular complexity index is 314. The van der Waals surface area contributed by atoms with Gasteiger partial charge in [0.05, 0.1) is 11.5 Å². The molecule has 0 aliphatic carbocycles. The van der Waals surface area contributed by atoms with E-state index in [1.54, 1.807) is 0 Å². The molecule has 1 saturated heterocycles. The topological polar surface area (TPSA) is 63.4 Å². The van der Waals surface area contributed by atoms with Gasteiger partial charge in [-0.1, -0.05) is 13.8 Å². The van der Waals surface area contributed by atoms with E-state index in [1.165, 1.54) is 6.42 Å². The van der Waals surface area contributed by atoms with E-state index in [4.69, 9.17) is 5.73 Å². The molecule has 1 atom stereocenters. The van der Waals surface area contributed by atoms with Crippen LogP contribution >= 0.6 is 0 Å². The largest absolute Gasteiger partial charge is 0.330 e. The van der Waals surface area contributed by atoms with Gasteiger partial charge in [-0.2, -0.15) is 0 Å². The van der Waals surface area contributed by atoms with Crippen LogP contribution in [0.25, 0.3) is 0 Å². The molecule has 4 nitrogen and oxygen atoms in total. The molecule has 0 aromatic rings. The molecule has 0 radical (unpaired) electrons. The van der Waals surface area contributed by atoms with Crippen LogP contribution in [-0.4, -0.2) is 51.0 Å². The van der Waals surface area contributed by atoms with Gasteiger partial charge in [-0.25, -0.2) is 8.42 Å². The molecule has 1 aliphatic rings. The van der Waals surface area contributed by atoms with Crippen molar-refractivity contribution in [2.45, 2.75) is 33.1 Å². The Morgan fingerprint density at radius 3 is 2.28 bits per heavy atom. The van der Waals surface area contributed by atoms with Crippen molar-refractivity contribution in [2.24, 2.45) is 17.6 Å². The molecule has 0 saturated carbocycles. The van der Waals surface area contributed by atoms with Crippen LogP contribution in [0, 0.1) is 11.8 Å². The second-order valence-electron chi connectivity index (χ2n) is 5.72. The molecule has 0 aromatic carbocycles. The Labute approximate surface area is 112 Å². The Kier molecular flexibility index (Phi) is 6.60. The van der Waals surface area contributed by atoms with Gasteiger partial charge in [-0.15, -0.1) is 0 Å². The molecule has 0 aromatic heterocycles. The Morgan fingerprint density at radius 2 is 1.78 bits per heavy atom. The third-order valence-electron chi connectivity index (χ3n) is 3.97. The van der Waals surface area contributed by atoms with Gasteiger partial charge in [0.15, 0.2) is 9.84 Å². The summed E-state index contributed by atoms with van der Waals surface area (Å²) in [6, 6.07) is 0. The van der Waals surface area contributed by atoms with E-state index in [1.807, 2.05) is 0 Å². The van der Waals surface area contributed by atoms with Gasteiger partial charge in [0, 0.05) is 13.1 Å². The summed E-state index contributed by atoms with van der Waals surface area (Å²) in [6.45, 7) is 7.74. The molecule has 0 spiro atoms. The molecular formula is C13H28N2O2S. The monoisotopic (exact) mass is 276 g/mol. The van der Waals surface area contributed by atoms with Crippen LogP contribution in [0.2, 0.25) is 0 Å². The summed E-state index contributed by atoms with van der Waals surface area (Å²) in [7, 11) is -2.74. The lowest BCUT2D eigenvalue weighted by atomic mass is 9.88. The molecule has 0 amide bonds. The summed E-state index contributed by atoms with van der Waals surface area (Å²) in [4.78, 5) is 2.28. The van der Waals surface area contributed by atoms with Crippen LogP contribution in [-0.2, 0) is 9.84 Å². The molecule has 1 fully saturated rings. The van der Waals surface area contributed by atoms with Crippen molar-refractivity contribution in [3.8, 4) is 0 Å². The molecule has 1 unspecified atom stereocenters. The minimum atomic E-state index is -2.74. The minimum Gasteiger partial charge on any atom is -0.330 e. The van der Waals surface area contributed by atoms with E-state index in [2.05, 4.69) is 18.7 Å². The molecular weight excluding hydrogens is 248 g/mol. The highest BCUT2D eigenvalue weighted by molar-refractivity contribution is 7.91. The van der Waals surface area contributed by atoms with E-state index < -0.39 is 9.84 Å². The number of sulfone groups is 1. The lowest BCUT2D eigenvalue weighted by Crippen LogP contribution is -2.40. The summed E-state index contributed by atoms with van der Waals surface area (Å²) >= 11 is 0. The molecule has 5 heteroatoms. The summed E-state index contributed by atoms with van der Waals surface area (Å²) in [5.41, 5.74) is 5.63. The van der Waals surface area contributed by atoms with Crippen LogP contribution in [0.3, 0.4) is 0 Å². The average Bonchev–Trinajstić information content (AvgIpc) is 2.30. The van der Waals surface area contributed by atoms with Gasteiger partial charge in [0.25, 0.3) is 0 Å².